The second-order valence-electron chi connectivity index (χ2n) is 7.02. The predicted octanol–water partition coefficient (Wildman–Crippen LogP) is -2.24. The minimum Gasteiger partial charge on any atom is -0.481 e. The molecule has 0 aromatic rings. The molecule has 0 saturated heterocycles. The molecule has 0 aliphatic rings. The van der Waals surface area contributed by atoms with Gasteiger partial charge in [0.2, 0.25) is 23.6 Å². The van der Waals surface area contributed by atoms with Crippen molar-refractivity contribution in [1.29, 1.82) is 0 Å². The summed E-state index contributed by atoms with van der Waals surface area (Å²) in [6.07, 6.45) is 1.08. The second-order valence-corrected chi connectivity index (χ2v) is 8.00. The van der Waals surface area contributed by atoms with E-state index in [-0.39, 0.29) is 32.1 Å². The van der Waals surface area contributed by atoms with Crippen LogP contribution in [-0.2, 0) is 28.8 Å². The molecule has 4 unspecified atom stereocenters. The first kappa shape index (κ1) is 29.1. The fourth-order valence-electron chi connectivity index (χ4n) is 2.40. The second kappa shape index (κ2) is 15.0. The van der Waals surface area contributed by atoms with Crippen molar-refractivity contribution in [2.24, 2.45) is 11.5 Å². The number of carboxylic acids is 2. The number of carboxylic acid groups (broad SMARTS) is 2. The molecule has 0 bridgehead atoms. The highest BCUT2D eigenvalue weighted by Gasteiger charge is 2.29. The summed E-state index contributed by atoms with van der Waals surface area (Å²) in [5, 5.41) is 24.7. The summed E-state index contributed by atoms with van der Waals surface area (Å²) >= 11 is 1.40. The first-order chi connectivity index (χ1) is 14.9. The lowest BCUT2D eigenvalue weighted by atomic mass is 10.1. The molecule has 182 valence electrons. The number of hydrogen-bond donors (Lipinski definition) is 7. The Balaban J connectivity index is 5.33. The summed E-state index contributed by atoms with van der Waals surface area (Å²) in [5.74, 6) is -4.97. The number of nitrogens with one attached hydrogen (secondary N) is 3. The zero-order chi connectivity index (χ0) is 24.8. The molecule has 0 aliphatic heterocycles. The van der Waals surface area contributed by atoms with Crippen molar-refractivity contribution in [3.8, 4) is 0 Å². The Bertz CT molecular complexity index is 705. The Labute approximate surface area is 189 Å². The van der Waals surface area contributed by atoms with E-state index in [0.29, 0.717) is 5.75 Å². The van der Waals surface area contributed by atoms with E-state index in [4.69, 9.17) is 21.7 Å². The summed E-state index contributed by atoms with van der Waals surface area (Å²) in [7, 11) is 0. The van der Waals surface area contributed by atoms with Gasteiger partial charge in [-0.15, -0.1) is 0 Å². The Hall–Kier alpha value is -2.87. The quantitative estimate of drug-likeness (QED) is 0.126. The number of nitrogens with two attached hydrogens (primary N) is 2. The van der Waals surface area contributed by atoms with Crippen LogP contribution in [0.2, 0.25) is 0 Å². The highest BCUT2D eigenvalue weighted by Crippen LogP contribution is 2.06. The fourth-order valence-corrected chi connectivity index (χ4v) is 2.87. The third kappa shape index (κ3) is 12.1. The van der Waals surface area contributed by atoms with Crippen molar-refractivity contribution in [1.82, 2.24) is 16.0 Å². The number of carbonyl (C=O) groups is 6. The topological polar surface area (TPSA) is 231 Å². The molecule has 9 N–H and O–H groups in total. The number of aliphatic carboxylic acids is 2. The molecule has 14 heteroatoms. The third-order valence-corrected chi connectivity index (χ3v) is 4.94. The van der Waals surface area contributed by atoms with Crippen molar-refractivity contribution in [3.63, 3.8) is 0 Å². The highest BCUT2D eigenvalue weighted by molar-refractivity contribution is 7.98. The van der Waals surface area contributed by atoms with Crippen LogP contribution in [0.5, 0.6) is 0 Å². The van der Waals surface area contributed by atoms with Gasteiger partial charge in [0.1, 0.15) is 18.1 Å². The van der Waals surface area contributed by atoms with Gasteiger partial charge in [-0.25, -0.2) is 0 Å². The molecule has 0 fully saturated rings. The lowest BCUT2D eigenvalue weighted by Gasteiger charge is -2.24. The number of amides is 4. The standard InChI is InChI=1S/C18H31N5O8S/c1-9(18(30)31)21-16(28)11(4-5-13(20)24)23-17(29)12(7-8-32-2)22-15(27)10(19)3-6-14(25)26/h9-12H,3-8,19H2,1-2H3,(H2,20,24)(H,21,28)(H,22,27)(H,23,29)(H,25,26)(H,30,31). The van der Waals surface area contributed by atoms with Gasteiger partial charge in [-0.3, -0.25) is 28.8 Å². The van der Waals surface area contributed by atoms with E-state index in [9.17, 15) is 28.8 Å². The number of thioether (sulfide) groups is 1. The normalized spacial score (nSPS) is 14.3. The molecular formula is C18H31N5O8S. The lowest BCUT2D eigenvalue weighted by molar-refractivity contribution is -0.142. The minimum absolute atomic E-state index is 0.130. The summed E-state index contributed by atoms with van der Waals surface area (Å²) < 4.78 is 0. The monoisotopic (exact) mass is 477 g/mol. The van der Waals surface area contributed by atoms with Gasteiger partial charge in [0, 0.05) is 12.8 Å². The molecule has 4 atom stereocenters. The van der Waals surface area contributed by atoms with E-state index < -0.39 is 59.7 Å². The zero-order valence-corrected chi connectivity index (χ0v) is 18.8. The van der Waals surface area contributed by atoms with Crippen LogP contribution in [0.15, 0.2) is 0 Å². The van der Waals surface area contributed by atoms with Crippen LogP contribution in [0.25, 0.3) is 0 Å². The zero-order valence-electron chi connectivity index (χ0n) is 18.0. The van der Waals surface area contributed by atoms with Gasteiger partial charge < -0.3 is 37.6 Å². The van der Waals surface area contributed by atoms with Gasteiger partial charge in [0.05, 0.1) is 6.04 Å². The molecular weight excluding hydrogens is 446 g/mol. The smallest absolute Gasteiger partial charge is 0.325 e. The van der Waals surface area contributed by atoms with Crippen LogP contribution < -0.4 is 27.4 Å². The fraction of sp³-hybridized carbons (Fsp3) is 0.667. The molecule has 0 saturated carbocycles. The molecule has 0 rings (SSSR count). The number of primary amides is 1. The predicted molar refractivity (Wildman–Crippen MR) is 115 cm³/mol. The average Bonchev–Trinajstić information content (AvgIpc) is 2.71. The van der Waals surface area contributed by atoms with Gasteiger partial charge in [-0.2, -0.15) is 11.8 Å². The van der Waals surface area contributed by atoms with Crippen LogP contribution in [0, 0.1) is 0 Å². The number of hydrogen-bond acceptors (Lipinski definition) is 8. The summed E-state index contributed by atoms with van der Waals surface area (Å²) in [6.45, 7) is 1.23. The van der Waals surface area contributed by atoms with Gasteiger partial charge >= 0.3 is 11.9 Å². The summed E-state index contributed by atoms with van der Waals surface area (Å²) in [4.78, 5) is 70.2. The van der Waals surface area contributed by atoms with E-state index in [0.717, 1.165) is 0 Å². The Morgan fingerprint density at radius 3 is 1.88 bits per heavy atom. The maximum atomic E-state index is 12.8. The molecule has 0 aliphatic carbocycles. The van der Waals surface area contributed by atoms with Crippen molar-refractivity contribution in [3.05, 3.63) is 0 Å². The van der Waals surface area contributed by atoms with Gasteiger partial charge in [0.25, 0.3) is 0 Å². The van der Waals surface area contributed by atoms with E-state index in [2.05, 4.69) is 16.0 Å². The number of rotatable bonds is 16. The highest BCUT2D eigenvalue weighted by atomic mass is 32.2. The minimum atomic E-state index is -1.29. The van der Waals surface area contributed by atoms with Crippen LogP contribution >= 0.6 is 11.8 Å². The number of carbonyl (C=O) groups excluding carboxylic acids is 4. The van der Waals surface area contributed by atoms with Crippen molar-refractivity contribution in [2.75, 3.05) is 12.0 Å². The maximum Gasteiger partial charge on any atom is 0.325 e. The molecule has 13 nitrogen and oxygen atoms in total. The van der Waals surface area contributed by atoms with E-state index in [1.54, 1.807) is 6.26 Å². The SMILES string of the molecule is CSCCC(NC(=O)C(N)CCC(=O)O)C(=O)NC(CCC(N)=O)C(=O)NC(C)C(=O)O. The summed E-state index contributed by atoms with van der Waals surface area (Å²) in [6, 6.07) is -4.76. The summed E-state index contributed by atoms with van der Waals surface area (Å²) in [5.41, 5.74) is 10.8. The molecule has 4 amide bonds. The maximum absolute atomic E-state index is 12.8. The molecule has 0 radical (unpaired) electrons. The molecule has 32 heavy (non-hydrogen) atoms. The molecule has 0 spiro atoms. The van der Waals surface area contributed by atoms with Crippen LogP contribution in [0.4, 0.5) is 0 Å². The Morgan fingerprint density at radius 1 is 0.844 bits per heavy atom. The van der Waals surface area contributed by atoms with Crippen LogP contribution in [-0.4, -0.2) is 82.0 Å². The molecule has 0 aromatic heterocycles. The Kier molecular flexibility index (Phi) is 13.7. The third-order valence-electron chi connectivity index (χ3n) is 4.29. The Morgan fingerprint density at radius 2 is 1.38 bits per heavy atom. The first-order valence-corrected chi connectivity index (χ1v) is 11.2. The first-order valence-electron chi connectivity index (χ1n) is 9.77. The van der Waals surface area contributed by atoms with Crippen molar-refractivity contribution < 1.29 is 39.0 Å². The molecule has 0 heterocycles. The largest absolute Gasteiger partial charge is 0.481 e. The van der Waals surface area contributed by atoms with Crippen LogP contribution in [0.1, 0.15) is 39.0 Å². The average molecular weight is 478 g/mol. The van der Waals surface area contributed by atoms with Crippen molar-refractivity contribution in [2.45, 2.75) is 63.2 Å². The van der Waals surface area contributed by atoms with Gasteiger partial charge in [0.15, 0.2) is 0 Å². The van der Waals surface area contributed by atoms with Gasteiger partial charge in [-0.1, -0.05) is 0 Å². The van der Waals surface area contributed by atoms with E-state index >= 15 is 0 Å². The van der Waals surface area contributed by atoms with Gasteiger partial charge in [-0.05, 0) is 38.2 Å². The van der Waals surface area contributed by atoms with E-state index in [1.165, 1.54) is 18.7 Å². The molecule has 0 aromatic carbocycles. The van der Waals surface area contributed by atoms with Crippen LogP contribution in [0.3, 0.4) is 0 Å². The van der Waals surface area contributed by atoms with Crippen molar-refractivity contribution >= 4 is 47.3 Å². The van der Waals surface area contributed by atoms with E-state index in [1.807, 2.05) is 0 Å². The lowest BCUT2D eigenvalue weighted by Crippen LogP contribution is -2.57.